The third-order valence-electron chi connectivity index (χ3n) is 3.07. The molecule has 0 fully saturated rings. The van der Waals surface area contributed by atoms with Crippen LogP contribution in [0.4, 0.5) is 4.39 Å². The summed E-state index contributed by atoms with van der Waals surface area (Å²) in [5.41, 5.74) is 1.37. The van der Waals surface area contributed by atoms with Crippen molar-refractivity contribution in [1.29, 1.82) is 0 Å². The maximum absolute atomic E-state index is 13.2. The van der Waals surface area contributed by atoms with Crippen LogP contribution < -0.4 is 4.72 Å². The molecular weight excluding hydrogens is 309 g/mol. The topological polar surface area (TPSA) is 46.2 Å². The van der Waals surface area contributed by atoms with E-state index in [9.17, 15) is 12.8 Å². The van der Waals surface area contributed by atoms with Crippen LogP contribution in [0.3, 0.4) is 0 Å². The first-order valence-corrected chi connectivity index (χ1v) is 9.02. The molecule has 0 bridgehead atoms. The highest BCUT2D eigenvalue weighted by molar-refractivity contribution is 7.98. The summed E-state index contributed by atoms with van der Waals surface area (Å²) in [6, 6.07) is 11.3. The fourth-order valence-corrected chi connectivity index (χ4v) is 3.54. The van der Waals surface area contributed by atoms with Gasteiger partial charge in [-0.2, -0.15) is 0 Å². The third kappa shape index (κ3) is 4.06. The molecule has 0 saturated heterocycles. The molecule has 0 unspecified atom stereocenters. The Bertz CT molecular complexity index is 728. The smallest absolute Gasteiger partial charge is 0.207 e. The van der Waals surface area contributed by atoms with Gasteiger partial charge in [-0.3, -0.25) is 0 Å². The number of benzene rings is 2. The molecule has 3 nitrogen and oxygen atoms in total. The summed E-state index contributed by atoms with van der Waals surface area (Å²) >= 11 is 1.62. The number of nitrogens with one attached hydrogen (secondary N) is 1. The highest BCUT2D eigenvalue weighted by Crippen LogP contribution is 2.18. The zero-order valence-electron chi connectivity index (χ0n) is 11.8. The quantitative estimate of drug-likeness (QED) is 0.858. The molecule has 2 aromatic rings. The van der Waals surface area contributed by atoms with Crippen LogP contribution in [0.5, 0.6) is 0 Å². The van der Waals surface area contributed by atoms with Gasteiger partial charge in [0.25, 0.3) is 0 Å². The molecule has 21 heavy (non-hydrogen) atoms. The van der Waals surface area contributed by atoms with E-state index in [1.807, 2.05) is 30.5 Å². The number of aryl methyl sites for hydroxylation is 1. The third-order valence-corrected chi connectivity index (χ3v) is 5.35. The van der Waals surface area contributed by atoms with Crippen LogP contribution in [0.1, 0.15) is 11.1 Å². The summed E-state index contributed by atoms with van der Waals surface area (Å²) < 4.78 is 40.2. The SMILES string of the molecule is CSc1ccc(CNS(=O)(=O)c2cc(F)ccc2C)cc1. The van der Waals surface area contributed by atoms with Crippen molar-refractivity contribution >= 4 is 21.8 Å². The van der Waals surface area contributed by atoms with E-state index in [-0.39, 0.29) is 11.4 Å². The Morgan fingerprint density at radius 3 is 2.43 bits per heavy atom. The lowest BCUT2D eigenvalue weighted by Gasteiger charge is -2.09. The summed E-state index contributed by atoms with van der Waals surface area (Å²) in [7, 11) is -3.72. The maximum Gasteiger partial charge on any atom is 0.241 e. The number of sulfonamides is 1. The minimum Gasteiger partial charge on any atom is -0.207 e. The van der Waals surface area contributed by atoms with E-state index in [1.165, 1.54) is 12.1 Å². The predicted molar refractivity (Wildman–Crippen MR) is 83.4 cm³/mol. The number of thioether (sulfide) groups is 1. The minimum atomic E-state index is -3.72. The van der Waals surface area contributed by atoms with Gasteiger partial charge in [-0.05, 0) is 48.6 Å². The van der Waals surface area contributed by atoms with Gasteiger partial charge in [0.1, 0.15) is 5.82 Å². The van der Waals surface area contributed by atoms with Gasteiger partial charge in [0, 0.05) is 11.4 Å². The fraction of sp³-hybridized carbons (Fsp3) is 0.200. The van der Waals surface area contributed by atoms with Gasteiger partial charge in [-0.15, -0.1) is 11.8 Å². The molecular formula is C15H16FNO2S2. The average molecular weight is 325 g/mol. The Balaban J connectivity index is 2.15. The van der Waals surface area contributed by atoms with E-state index in [0.717, 1.165) is 16.5 Å². The van der Waals surface area contributed by atoms with Crippen molar-refractivity contribution < 1.29 is 12.8 Å². The van der Waals surface area contributed by atoms with E-state index < -0.39 is 15.8 Å². The molecule has 0 saturated carbocycles. The largest absolute Gasteiger partial charge is 0.241 e. The molecule has 2 aromatic carbocycles. The van der Waals surface area contributed by atoms with Gasteiger partial charge in [0.05, 0.1) is 4.90 Å². The molecule has 0 amide bonds. The van der Waals surface area contributed by atoms with Crippen LogP contribution in [-0.4, -0.2) is 14.7 Å². The molecule has 0 aliphatic carbocycles. The molecule has 0 aromatic heterocycles. The number of rotatable bonds is 5. The van der Waals surface area contributed by atoms with E-state index in [2.05, 4.69) is 4.72 Å². The van der Waals surface area contributed by atoms with Gasteiger partial charge < -0.3 is 0 Å². The van der Waals surface area contributed by atoms with Crippen molar-refractivity contribution in [1.82, 2.24) is 4.72 Å². The zero-order valence-corrected chi connectivity index (χ0v) is 13.4. The maximum atomic E-state index is 13.2. The lowest BCUT2D eigenvalue weighted by Crippen LogP contribution is -2.24. The number of hydrogen-bond acceptors (Lipinski definition) is 3. The summed E-state index contributed by atoms with van der Waals surface area (Å²) in [4.78, 5) is 1.09. The normalized spacial score (nSPS) is 11.6. The zero-order chi connectivity index (χ0) is 15.5. The molecule has 0 heterocycles. The highest BCUT2D eigenvalue weighted by atomic mass is 32.2. The number of hydrogen-bond donors (Lipinski definition) is 1. The average Bonchev–Trinajstić information content (AvgIpc) is 2.48. The molecule has 2 rings (SSSR count). The molecule has 0 atom stereocenters. The van der Waals surface area contributed by atoms with Crippen LogP contribution in [-0.2, 0) is 16.6 Å². The van der Waals surface area contributed by atoms with E-state index in [4.69, 9.17) is 0 Å². The fourth-order valence-electron chi connectivity index (χ4n) is 1.86. The first-order valence-electron chi connectivity index (χ1n) is 6.31. The monoisotopic (exact) mass is 325 g/mol. The highest BCUT2D eigenvalue weighted by Gasteiger charge is 2.17. The molecule has 0 aliphatic heterocycles. The van der Waals surface area contributed by atoms with Crippen molar-refractivity contribution in [2.75, 3.05) is 6.26 Å². The van der Waals surface area contributed by atoms with Crippen LogP contribution in [0.2, 0.25) is 0 Å². The van der Waals surface area contributed by atoms with E-state index in [0.29, 0.717) is 5.56 Å². The van der Waals surface area contributed by atoms with Crippen molar-refractivity contribution in [3.8, 4) is 0 Å². The first kappa shape index (κ1) is 16.0. The summed E-state index contributed by atoms with van der Waals surface area (Å²) in [6.45, 7) is 1.81. The second-order valence-corrected chi connectivity index (χ2v) is 7.20. The van der Waals surface area contributed by atoms with Gasteiger partial charge in [0.2, 0.25) is 10.0 Å². The van der Waals surface area contributed by atoms with Crippen LogP contribution in [0.15, 0.2) is 52.3 Å². The standard InChI is InChI=1S/C15H16FNO2S2/c1-11-3-6-13(16)9-15(11)21(18,19)17-10-12-4-7-14(20-2)8-5-12/h3-9,17H,10H2,1-2H3. The first-order chi connectivity index (χ1) is 9.92. The Hall–Kier alpha value is -1.37. The molecule has 112 valence electrons. The lowest BCUT2D eigenvalue weighted by atomic mass is 10.2. The van der Waals surface area contributed by atoms with Crippen LogP contribution in [0, 0.1) is 12.7 Å². The Morgan fingerprint density at radius 2 is 1.81 bits per heavy atom. The van der Waals surface area contributed by atoms with Crippen LogP contribution in [0.25, 0.3) is 0 Å². The van der Waals surface area contributed by atoms with Crippen LogP contribution >= 0.6 is 11.8 Å². The summed E-state index contributed by atoms with van der Waals surface area (Å²) in [5.74, 6) is -0.565. The minimum absolute atomic E-state index is 0.0248. The summed E-state index contributed by atoms with van der Waals surface area (Å²) in [5, 5.41) is 0. The molecule has 0 spiro atoms. The van der Waals surface area contributed by atoms with Gasteiger partial charge in [-0.25, -0.2) is 17.5 Å². The van der Waals surface area contributed by atoms with Gasteiger partial charge >= 0.3 is 0 Å². The molecule has 0 aliphatic rings. The van der Waals surface area contributed by atoms with Gasteiger partial charge in [0.15, 0.2) is 0 Å². The Kier molecular flexibility index (Phi) is 5.03. The second-order valence-electron chi connectivity index (χ2n) is 4.58. The molecule has 1 N–H and O–H groups in total. The predicted octanol–water partition coefficient (Wildman–Crippen LogP) is 3.33. The summed E-state index contributed by atoms with van der Waals surface area (Å²) in [6.07, 6.45) is 1.98. The Labute approximate surface area is 128 Å². The van der Waals surface area contributed by atoms with Crippen molar-refractivity contribution in [2.45, 2.75) is 23.3 Å². The van der Waals surface area contributed by atoms with Gasteiger partial charge in [-0.1, -0.05) is 18.2 Å². The second kappa shape index (κ2) is 6.60. The number of halogens is 1. The van der Waals surface area contributed by atoms with Crippen molar-refractivity contribution in [3.05, 3.63) is 59.4 Å². The Morgan fingerprint density at radius 1 is 1.14 bits per heavy atom. The van der Waals surface area contributed by atoms with Crippen molar-refractivity contribution in [3.63, 3.8) is 0 Å². The van der Waals surface area contributed by atoms with Crippen molar-refractivity contribution in [2.24, 2.45) is 0 Å². The molecule has 0 radical (unpaired) electrons. The molecule has 6 heteroatoms. The lowest BCUT2D eigenvalue weighted by molar-refractivity contribution is 0.576. The van der Waals surface area contributed by atoms with E-state index >= 15 is 0 Å². The van der Waals surface area contributed by atoms with E-state index in [1.54, 1.807) is 18.7 Å².